The van der Waals surface area contributed by atoms with Crippen LogP contribution in [-0.4, -0.2) is 184 Å². The van der Waals surface area contributed by atoms with Gasteiger partial charge in [-0.1, -0.05) is 48.5 Å². The summed E-state index contributed by atoms with van der Waals surface area (Å²) < 4.78 is 22.2. The normalized spacial score (nSPS) is 37.3. The molecular formula is C36H61Na3O21. The number of carboxylic acid groups (broad SMARTS) is 3. The summed E-state index contributed by atoms with van der Waals surface area (Å²) in [4.78, 5) is 35.6. The molecule has 24 heteroatoms. The summed E-state index contributed by atoms with van der Waals surface area (Å²) in [6.45, 7) is 8.05. The second-order valence-electron chi connectivity index (χ2n) is 16.2. The first-order valence-corrected chi connectivity index (χ1v) is 18.9. The monoisotopic (exact) mass is 898 g/mol. The van der Waals surface area contributed by atoms with Crippen molar-refractivity contribution in [3.8, 4) is 0 Å². The molecule has 11 N–H and O–H groups in total. The van der Waals surface area contributed by atoms with Crippen molar-refractivity contribution >= 4 is 17.9 Å². The summed E-state index contributed by atoms with van der Waals surface area (Å²) in [5.74, 6) is -11.6. The van der Waals surface area contributed by atoms with Gasteiger partial charge in [0.2, 0.25) is 5.79 Å². The molecule has 3 saturated heterocycles. The molecule has 3 fully saturated rings. The van der Waals surface area contributed by atoms with Crippen LogP contribution < -0.4 is 104 Å². The first-order chi connectivity index (χ1) is 26.2. The van der Waals surface area contributed by atoms with Crippen LogP contribution >= 0.6 is 0 Å². The average molecular weight is 899 g/mol. The number of ether oxygens (including phenoxy) is 4. The molecule has 3 aliphatic heterocycles. The summed E-state index contributed by atoms with van der Waals surface area (Å²) in [6.07, 6.45) is -19.6. The van der Waals surface area contributed by atoms with Gasteiger partial charge in [0, 0.05) is 37.0 Å². The Morgan fingerprint density at radius 1 is 0.567 bits per heavy atom. The third-order valence-corrected chi connectivity index (χ3v) is 11.8. The number of rotatable bonds is 16. The maximum absolute atomic E-state index is 12.2. The van der Waals surface area contributed by atoms with E-state index in [0.717, 1.165) is 0 Å². The van der Waals surface area contributed by atoms with E-state index >= 15 is 0 Å². The molecule has 18 atom stereocenters. The van der Waals surface area contributed by atoms with E-state index in [1.165, 1.54) is 27.7 Å². The van der Waals surface area contributed by atoms with Crippen LogP contribution in [0.15, 0.2) is 0 Å². The second-order valence-corrected chi connectivity index (χ2v) is 16.2. The van der Waals surface area contributed by atoms with E-state index in [9.17, 15) is 75.7 Å². The first kappa shape index (κ1) is 62.9. The van der Waals surface area contributed by atoms with Crippen LogP contribution in [0, 0.1) is 29.6 Å². The molecule has 0 spiro atoms. The zero-order chi connectivity index (χ0) is 44.1. The van der Waals surface area contributed by atoms with E-state index in [-0.39, 0.29) is 102 Å². The molecule has 3 aliphatic rings. The van der Waals surface area contributed by atoms with Crippen LogP contribution in [-0.2, 0) is 33.3 Å². The van der Waals surface area contributed by atoms with E-state index in [1.54, 1.807) is 20.8 Å². The Morgan fingerprint density at radius 3 is 1.17 bits per heavy atom. The molecule has 4 unspecified atom stereocenters. The van der Waals surface area contributed by atoms with Gasteiger partial charge in [0.15, 0.2) is 0 Å². The van der Waals surface area contributed by atoms with Crippen molar-refractivity contribution in [1.82, 2.24) is 0 Å². The van der Waals surface area contributed by atoms with Crippen molar-refractivity contribution in [2.75, 3.05) is 19.8 Å². The molecule has 21 nitrogen and oxygen atoms in total. The predicted molar refractivity (Wildman–Crippen MR) is 183 cm³/mol. The molecule has 0 bridgehead atoms. The van der Waals surface area contributed by atoms with Crippen LogP contribution in [0.25, 0.3) is 0 Å². The standard InChI is InChI=1S/C23H40O14.C13H24O7.3Na/c1-9(2)22(20(31)32)5-12(26)10(3)19(36-22)17(30)15(8-25)35-23(21(33)34)6-13(27)11(4)18(37-23)16(29)14(28)7-24;1-6(2)13(12(18)19)4-8(15)7(3)11(20-13)10(17)9(16)5-14;;;/h9-19,24-30H,5-8H2,1-4H3,(H,31,32)(H,33,34);6-11,14-17H,4-5H2,1-3H3,(H,18,19);;;/q;;3*+1/p-3/t10-,11-,12-,13-,14-,15?,16-,17-,18?,19?,22+,23-;7-,8-,9-,10-,11?,13+;;;/m11.../s1. The van der Waals surface area contributed by atoms with E-state index < -0.39 is 164 Å². The smallest absolute Gasteiger partial charge is 0.547 e. The Kier molecular flexibility index (Phi) is 27.5. The summed E-state index contributed by atoms with van der Waals surface area (Å²) in [5.41, 5.74) is -3.74. The van der Waals surface area contributed by atoms with Crippen molar-refractivity contribution in [1.29, 1.82) is 0 Å². The largest absolute Gasteiger partial charge is 1.00 e. The molecule has 3 heterocycles. The fourth-order valence-electron chi connectivity index (χ4n) is 7.48. The molecule has 0 aliphatic carbocycles. The fourth-order valence-corrected chi connectivity index (χ4v) is 7.48. The molecule has 0 aromatic heterocycles. The molecular weight excluding hydrogens is 837 g/mol. The second kappa shape index (κ2) is 26.2. The Balaban J connectivity index is 0. The summed E-state index contributed by atoms with van der Waals surface area (Å²) in [7, 11) is 0. The minimum Gasteiger partial charge on any atom is -0.547 e. The number of carboxylic acids is 3. The SMILES string of the molecule is CC(C)[C@]1(C(=O)[O-])C[C@@H](O)[C@@H](C)C([C@H](O)C(CO)O[C@]2(C(=O)[O-])C[C@@H](O)[C@@H](C)C([C@H](O)[C@H](O)CO)O2)O1.CC(C)[C@]1(C(=O)[O-])C[C@@H](O)[C@@H](C)C([C@H](O)[C@H](O)CO)O1.[Na+].[Na+].[Na+]. The minimum absolute atomic E-state index is 0. The minimum atomic E-state index is -2.85. The van der Waals surface area contributed by atoms with Crippen LogP contribution in [0.2, 0.25) is 0 Å². The number of carbonyl (C=O) groups excluding carboxylic acids is 3. The van der Waals surface area contributed by atoms with Crippen molar-refractivity contribution < 1.29 is 193 Å². The zero-order valence-corrected chi connectivity index (χ0v) is 42.1. The maximum atomic E-state index is 12.2. The molecule has 0 amide bonds. The summed E-state index contributed by atoms with van der Waals surface area (Å²) >= 11 is 0. The van der Waals surface area contributed by atoms with Gasteiger partial charge >= 0.3 is 88.7 Å². The average Bonchev–Trinajstić information content (AvgIpc) is 3.15. The Bertz CT molecular complexity index is 1340. The predicted octanol–water partition coefficient (Wildman–Crippen LogP) is -16.8. The van der Waals surface area contributed by atoms with Crippen LogP contribution in [0.4, 0.5) is 0 Å². The van der Waals surface area contributed by atoms with Crippen molar-refractivity contribution in [3.63, 3.8) is 0 Å². The van der Waals surface area contributed by atoms with E-state index in [4.69, 9.17) is 29.2 Å². The molecule has 0 saturated carbocycles. The van der Waals surface area contributed by atoms with Gasteiger partial charge in [-0.15, -0.1) is 0 Å². The number of aliphatic hydroxyl groups excluding tert-OH is 11. The molecule has 0 aromatic rings. The van der Waals surface area contributed by atoms with Crippen LogP contribution in [0.3, 0.4) is 0 Å². The van der Waals surface area contributed by atoms with Crippen LogP contribution in [0.1, 0.15) is 67.7 Å². The van der Waals surface area contributed by atoms with E-state index in [0.29, 0.717) is 0 Å². The Morgan fingerprint density at radius 2 is 0.883 bits per heavy atom. The molecule has 334 valence electrons. The third kappa shape index (κ3) is 13.7. The number of hydrogen-bond acceptors (Lipinski definition) is 21. The summed E-state index contributed by atoms with van der Waals surface area (Å²) in [6, 6.07) is 0. The topological polar surface area (TPSA) is 380 Å². The van der Waals surface area contributed by atoms with Crippen LogP contribution in [0.5, 0.6) is 0 Å². The van der Waals surface area contributed by atoms with Gasteiger partial charge < -0.3 is 105 Å². The molecule has 3 rings (SSSR count). The number of hydrogen-bond donors (Lipinski definition) is 11. The zero-order valence-electron chi connectivity index (χ0n) is 36.1. The number of aliphatic carboxylic acids is 3. The molecule has 60 heavy (non-hydrogen) atoms. The Labute approximate surface area is 415 Å². The maximum Gasteiger partial charge on any atom is 1.00 e. The number of carbonyl (C=O) groups is 3. The van der Waals surface area contributed by atoms with E-state index in [1.807, 2.05) is 0 Å². The van der Waals surface area contributed by atoms with E-state index in [2.05, 4.69) is 0 Å². The van der Waals surface area contributed by atoms with Gasteiger partial charge in [-0.25, -0.2) is 0 Å². The summed E-state index contributed by atoms with van der Waals surface area (Å²) in [5, 5.41) is 146. The van der Waals surface area contributed by atoms with Gasteiger partial charge in [0.05, 0.1) is 68.4 Å². The number of aliphatic hydroxyl groups is 11. The quantitative estimate of drug-likeness (QED) is 0.0641. The third-order valence-electron chi connectivity index (χ3n) is 11.8. The van der Waals surface area contributed by atoms with Crippen molar-refractivity contribution in [3.05, 3.63) is 0 Å². The first-order valence-electron chi connectivity index (χ1n) is 18.9. The Hall–Kier alpha value is 0.810. The molecule has 0 aromatic carbocycles. The van der Waals surface area contributed by atoms with Gasteiger partial charge in [-0.3, -0.25) is 0 Å². The van der Waals surface area contributed by atoms with Gasteiger partial charge in [0.25, 0.3) is 0 Å². The van der Waals surface area contributed by atoms with Gasteiger partial charge in [0.1, 0.15) is 53.8 Å². The fraction of sp³-hybridized carbons (Fsp3) is 0.917. The van der Waals surface area contributed by atoms with Gasteiger partial charge in [-0.05, 0) is 11.8 Å². The molecule has 0 radical (unpaired) electrons. The van der Waals surface area contributed by atoms with Crippen molar-refractivity contribution in [2.45, 2.75) is 158 Å². The van der Waals surface area contributed by atoms with Gasteiger partial charge in [-0.2, -0.15) is 0 Å². The van der Waals surface area contributed by atoms with Crippen molar-refractivity contribution in [2.24, 2.45) is 29.6 Å².